The maximum absolute atomic E-state index is 9.82. The molecule has 2 nitrogen and oxygen atoms in total. The minimum Gasteiger partial charge on any atom is -0.390 e. The van der Waals surface area contributed by atoms with Gasteiger partial charge in [-0.1, -0.05) is 24.3 Å². The van der Waals surface area contributed by atoms with Gasteiger partial charge in [-0.15, -0.1) is 0 Å². The van der Waals surface area contributed by atoms with Crippen molar-refractivity contribution in [3.63, 3.8) is 0 Å². The molecule has 0 saturated heterocycles. The Bertz CT molecular complexity index is 309. The number of hydrogen-bond acceptors (Lipinski definition) is 2. The third-order valence-electron chi connectivity index (χ3n) is 2.85. The van der Waals surface area contributed by atoms with Gasteiger partial charge < -0.3 is 9.84 Å². The topological polar surface area (TPSA) is 29.5 Å². The molecule has 14 heavy (non-hydrogen) atoms. The van der Waals surface area contributed by atoms with Crippen molar-refractivity contribution < 1.29 is 9.84 Å². The molecule has 2 atom stereocenters. The van der Waals surface area contributed by atoms with Crippen molar-refractivity contribution >= 4 is 0 Å². The Morgan fingerprint density at radius 3 is 3.00 bits per heavy atom. The van der Waals surface area contributed by atoms with E-state index in [-0.39, 0.29) is 12.0 Å². The summed E-state index contributed by atoms with van der Waals surface area (Å²) in [7, 11) is 0. The summed E-state index contributed by atoms with van der Waals surface area (Å²) in [4.78, 5) is 0. The Kier molecular flexibility index (Phi) is 2.85. The van der Waals surface area contributed by atoms with Gasteiger partial charge in [0.15, 0.2) is 0 Å². The SMILES string of the molecule is CCOCC(O)C1Cc2ccccc21. The first kappa shape index (κ1) is 9.69. The monoisotopic (exact) mass is 192 g/mol. The first-order valence-corrected chi connectivity index (χ1v) is 5.16. The average molecular weight is 192 g/mol. The molecule has 0 aromatic heterocycles. The molecule has 2 heteroatoms. The van der Waals surface area contributed by atoms with Crippen LogP contribution in [0.25, 0.3) is 0 Å². The molecule has 1 aromatic carbocycles. The molecule has 0 fully saturated rings. The normalized spacial score (nSPS) is 21.1. The van der Waals surface area contributed by atoms with E-state index in [1.54, 1.807) is 0 Å². The lowest BCUT2D eigenvalue weighted by atomic mass is 9.75. The van der Waals surface area contributed by atoms with E-state index in [1.807, 2.05) is 19.1 Å². The van der Waals surface area contributed by atoms with E-state index in [2.05, 4.69) is 12.1 Å². The average Bonchev–Trinajstić information content (AvgIpc) is 2.17. The van der Waals surface area contributed by atoms with Gasteiger partial charge in [0.2, 0.25) is 0 Å². The van der Waals surface area contributed by atoms with Gasteiger partial charge in [-0.05, 0) is 24.5 Å². The van der Waals surface area contributed by atoms with Crippen LogP contribution < -0.4 is 0 Å². The summed E-state index contributed by atoms with van der Waals surface area (Å²) in [6.45, 7) is 3.07. The van der Waals surface area contributed by atoms with Gasteiger partial charge in [0.1, 0.15) is 0 Å². The molecule has 0 aliphatic heterocycles. The maximum Gasteiger partial charge on any atom is 0.0845 e. The Balaban J connectivity index is 1.97. The fourth-order valence-electron chi connectivity index (χ4n) is 2.00. The summed E-state index contributed by atoms with van der Waals surface area (Å²) in [5.41, 5.74) is 2.66. The minimum atomic E-state index is -0.343. The molecule has 0 radical (unpaired) electrons. The summed E-state index contributed by atoms with van der Waals surface area (Å²) < 4.78 is 5.22. The van der Waals surface area contributed by atoms with Crippen LogP contribution in [0, 0.1) is 0 Å². The molecule has 2 unspecified atom stereocenters. The van der Waals surface area contributed by atoms with Gasteiger partial charge in [0.25, 0.3) is 0 Å². The van der Waals surface area contributed by atoms with Crippen molar-refractivity contribution in [2.45, 2.75) is 25.4 Å². The van der Waals surface area contributed by atoms with Crippen LogP contribution in [0.1, 0.15) is 24.0 Å². The largest absolute Gasteiger partial charge is 0.390 e. The molecular weight excluding hydrogens is 176 g/mol. The van der Waals surface area contributed by atoms with Crippen LogP contribution in [-0.4, -0.2) is 24.4 Å². The third kappa shape index (κ3) is 1.68. The van der Waals surface area contributed by atoms with E-state index in [0.29, 0.717) is 13.2 Å². The summed E-state index contributed by atoms with van der Waals surface area (Å²) in [5.74, 6) is 0.290. The van der Waals surface area contributed by atoms with Crippen molar-refractivity contribution in [2.75, 3.05) is 13.2 Å². The molecule has 1 N–H and O–H groups in total. The van der Waals surface area contributed by atoms with Gasteiger partial charge in [-0.2, -0.15) is 0 Å². The highest BCUT2D eigenvalue weighted by Gasteiger charge is 2.31. The Hall–Kier alpha value is -0.860. The lowest BCUT2D eigenvalue weighted by Crippen LogP contribution is -2.32. The molecule has 0 spiro atoms. The number of fused-ring (bicyclic) bond motifs is 1. The number of hydrogen-bond donors (Lipinski definition) is 1. The number of ether oxygens (including phenoxy) is 1. The highest BCUT2D eigenvalue weighted by molar-refractivity contribution is 5.40. The van der Waals surface area contributed by atoms with Crippen molar-refractivity contribution in [3.8, 4) is 0 Å². The van der Waals surface area contributed by atoms with Gasteiger partial charge in [-0.3, -0.25) is 0 Å². The summed E-state index contributed by atoms with van der Waals surface area (Å²) >= 11 is 0. The van der Waals surface area contributed by atoms with E-state index >= 15 is 0 Å². The lowest BCUT2D eigenvalue weighted by molar-refractivity contribution is 0.0229. The van der Waals surface area contributed by atoms with Crippen molar-refractivity contribution in [3.05, 3.63) is 35.4 Å². The van der Waals surface area contributed by atoms with Gasteiger partial charge in [0, 0.05) is 12.5 Å². The van der Waals surface area contributed by atoms with Crippen molar-refractivity contribution in [1.82, 2.24) is 0 Å². The van der Waals surface area contributed by atoms with Crippen molar-refractivity contribution in [1.29, 1.82) is 0 Å². The molecular formula is C12H16O2. The molecule has 0 amide bonds. The predicted molar refractivity (Wildman–Crippen MR) is 55.4 cm³/mol. The fraction of sp³-hybridized carbons (Fsp3) is 0.500. The van der Waals surface area contributed by atoms with E-state index in [0.717, 1.165) is 6.42 Å². The summed E-state index contributed by atoms with van der Waals surface area (Å²) in [6, 6.07) is 8.29. The van der Waals surface area contributed by atoms with E-state index < -0.39 is 0 Å². The van der Waals surface area contributed by atoms with Crippen molar-refractivity contribution in [2.24, 2.45) is 0 Å². The van der Waals surface area contributed by atoms with E-state index in [9.17, 15) is 5.11 Å². The zero-order valence-corrected chi connectivity index (χ0v) is 8.44. The Morgan fingerprint density at radius 1 is 1.50 bits per heavy atom. The summed E-state index contributed by atoms with van der Waals surface area (Å²) in [5, 5.41) is 9.82. The fourth-order valence-corrected chi connectivity index (χ4v) is 2.00. The highest BCUT2D eigenvalue weighted by atomic mass is 16.5. The smallest absolute Gasteiger partial charge is 0.0845 e. The van der Waals surface area contributed by atoms with E-state index in [1.165, 1.54) is 11.1 Å². The number of rotatable bonds is 4. The van der Waals surface area contributed by atoms with Crippen LogP contribution in [0.4, 0.5) is 0 Å². The van der Waals surface area contributed by atoms with E-state index in [4.69, 9.17) is 4.74 Å². The molecule has 0 bridgehead atoms. The Labute approximate surface area is 84.5 Å². The third-order valence-corrected chi connectivity index (χ3v) is 2.85. The molecule has 0 heterocycles. The van der Waals surface area contributed by atoms with Gasteiger partial charge in [0.05, 0.1) is 12.7 Å². The highest BCUT2D eigenvalue weighted by Crippen LogP contribution is 2.37. The lowest BCUT2D eigenvalue weighted by Gasteiger charge is -2.33. The summed E-state index contributed by atoms with van der Waals surface area (Å²) in [6.07, 6.45) is 0.648. The standard InChI is InChI=1S/C12H16O2/c1-2-14-8-12(13)11-7-9-5-3-4-6-10(9)11/h3-6,11-13H,2,7-8H2,1H3. The zero-order valence-electron chi connectivity index (χ0n) is 8.44. The number of aliphatic hydroxyl groups is 1. The molecule has 1 aromatic rings. The van der Waals surface area contributed by atoms with Crippen LogP contribution in [-0.2, 0) is 11.2 Å². The minimum absolute atomic E-state index is 0.290. The van der Waals surface area contributed by atoms with Gasteiger partial charge >= 0.3 is 0 Å². The van der Waals surface area contributed by atoms with Crippen LogP contribution in [0.5, 0.6) is 0 Å². The van der Waals surface area contributed by atoms with Crippen LogP contribution in [0.3, 0.4) is 0 Å². The first-order valence-electron chi connectivity index (χ1n) is 5.16. The second-order valence-electron chi connectivity index (χ2n) is 3.74. The first-order chi connectivity index (χ1) is 6.83. The van der Waals surface area contributed by atoms with Crippen LogP contribution >= 0.6 is 0 Å². The number of benzene rings is 1. The molecule has 1 aliphatic rings. The maximum atomic E-state index is 9.82. The molecule has 0 saturated carbocycles. The number of aliphatic hydroxyl groups excluding tert-OH is 1. The molecule has 1 aliphatic carbocycles. The predicted octanol–water partition coefficient (Wildman–Crippen LogP) is 1.72. The van der Waals surface area contributed by atoms with Crippen LogP contribution in [0.2, 0.25) is 0 Å². The second-order valence-corrected chi connectivity index (χ2v) is 3.74. The Morgan fingerprint density at radius 2 is 2.29 bits per heavy atom. The quantitative estimate of drug-likeness (QED) is 0.787. The molecule has 76 valence electrons. The van der Waals surface area contributed by atoms with Crippen LogP contribution in [0.15, 0.2) is 24.3 Å². The zero-order chi connectivity index (χ0) is 9.97. The molecule has 2 rings (SSSR count). The van der Waals surface area contributed by atoms with Gasteiger partial charge in [-0.25, -0.2) is 0 Å². The second kappa shape index (κ2) is 4.11.